The molecule has 1 saturated carbocycles. The Morgan fingerprint density at radius 2 is 2.07 bits per heavy atom. The number of sulfonamides is 1. The number of hydrogen-bond acceptors (Lipinski definition) is 3. The summed E-state index contributed by atoms with van der Waals surface area (Å²) in [6.45, 7) is 7.81. The van der Waals surface area contributed by atoms with Crippen LogP contribution < -0.4 is 9.62 Å². The minimum atomic E-state index is -3.25. The first-order chi connectivity index (χ1) is 12.7. The molecular weight excluding hydrogens is 360 g/mol. The van der Waals surface area contributed by atoms with E-state index in [4.69, 9.17) is 0 Å². The molecule has 2 aliphatic rings. The maximum absolute atomic E-state index is 12.0. The topological polar surface area (TPSA) is 66.5 Å². The highest BCUT2D eigenvalue weighted by atomic mass is 32.2. The van der Waals surface area contributed by atoms with Gasteiger partial charge < -0.3 is 4.90 Å². The van der Waals surface area contributed by atoms with Crippen LogP contribution in [0.2, 0.25) is 0 Å². The number of nitrogens with zero attached hydrogens (tertiary/aromatic N) is 1. The first-order valence-corrected chi connectivity index (χ1v) is 11.1. The van der Waals surface area contributed by atoms with Crippen molar-refractivity contribution in [3.8, 4) is 0 Å². The van der Waals surface area contributed by atoms with Crippen molar-refractivity contribution in [2.75, 3.05) is 17.7 Å². The summed E-state index contributed by atoms with van der Waals surface area (Å²) in [4.78, 5) is 13.6. The summed E-state index contributed by atoms with van der Waals surface area (Å²) in [5.74, 6) is 0.598. The summed E-state index contributed by atoms with van der Waals surface area (Å²) < 4.78 is 26.9. The average Bonchev–Trinajstić information content (AvgIpc) is 3.47. The Kier molecular flexibility index (Phi) is 5.58. The Morgan fingerprint density at radius 3 is 2.70 bits per heavy atom. The number of carbonyl (C=O) groups excluding carboxylic acids is 1. The van der Waals surface area contributed by atoms with Crippen LogP contribution in [-0.2, 0) is 21.2 Å². The molecule has 0 radical (unpaired) electrons. The van der Waals surface area contributed by atoms with Crippen LogP contribution in [-0.4, -0.2) is 33.2 Å². The molecule has 146 valence electrons. The molecule has 1 unspecified atom stereocenters. The molecular formula is C21H28N2O3S. The Balaban J connectivity index is 1.82. The van der Waals surface area contributed by atoms with Gasteiger partial charge >= 0.3 is 0 Å². The normalized spacial score (nSPS) is 19.0. The molecule has 0 saturated heterocycles. The van der Waals surface area contributed by atoms with Crippen molar-refractivity contribution in [3.63, 3.8) is 0 Å². The SMILES string of the molecule is C=C(/C=C(\C)C(NS(=O)(=O)CC)C1CC1)c1ccc2c(c1)CCC(=O)N2C. The zero-order valence-corrected chi connectivity index (χ0v) is 17.1. The van der Waals surface area contributed by atoms with Crippen molar-refractivity contribution >= 4 is 27.2 Å². The smallest absolute Gasteiger partial charge is 0.227 e. The molecule has 3 rings (SSSR count). The molecule has 1 N–H and O–H groups in total. The number of fused-ring (bicyclic) bond motifs is 1. The van der Waals surface area contributed by atoms with E-state index >= 15 is 0 Å². The number of amides is 1. The highest BCUT2D eigenvalue weighted by Gasteiger charge is 2.34. The number of aryl methyl sites for hydroxylation is 1. The Hall–Kier alpha value is -1.92. The first-order valence-electron chi connectivity index (χ1n) is 9.49. The second-order valence-electron chi connectivity index (χ2n) is 7.55. The standard InChI is InChI=1S/C21H28N2O3S/c1-5-27(25,26)22-21(16-6-7-16)15(3)12-14(2)17-8-10-19-18(13-17)9-11-20(24)23(19)4/h8,10,12-13,16,21-22H,2,5-7,9,11H2,1,3-4H3/b15-12+. The average molecular weight is 389 g/mol. The number of benzene rings is 1. The molecule has 1 heterocycles. The minimum Gasteiger partial charge on any atom is -0.315 e. The number of carbonyl (C=O) groups is 1. The van der Waals surface area contributed by atoms with Crippen LogP contribution in [0.25, 0.3) is 5.57 Å². The Labute approximate surface area is 162 Å². The summed E-state index contributed by atoms with van der Waals surface area (Å²) in [6.07, 6.45) is 5.35. The second kappa shape index (κ2) is 7.60. The van der Waals surface area contributed by atoms with E-state index < -0.39 is 10.0 Å². The monoisotopic (exact) mass is 388 g/mol. The lowest BCUT2D eigenvalue weighted by Crippen LogP contribution is -2.38. The maximum Gasteiger partial charge on any atom is 0.227 e. The van der Waals surface area contributed by atoms with Gasteiger partial charge in [0.2, 0.25) is 15.9 Å². The van der Waals surface area contributed by atoms with E-state index in [2.05, 4.69) is 17.4 Å². The predicted octanol–water partition coefficient (Wildman–Crippen LogP) is 3.27. The second-order valence-corrected chi connectivity index (χ2v) is 9.59. The van der Waals surface area contributed by atoms with Crippen LogP contribution in [0.15, 0.2) is 36.4 Å². The highest BCUT2D eigenvalue weighted by Crippen LogP contribution is 2.37. The van der Waals surface area contributed by atoms with E-state index in [0.717, 1.165) is 47.2 Å². The van der Waals surface area contributed by atoms with Crippen molar-refractivity contribution < 1.29 is 13.2 Å². The van der Waals surface area contributed by atoms with Gasteiger partial charge in [-0.15, -0.1) is 0 Å². The number of allylic oxidation sites excluding steroid dienone is 2. The molecule has 1 atom stereocenters. The van der Waals surface area contributed by atoms with Crippen LogP contribution >= 0.6 is 0 Å². The molecule has 1 amide bonds. The zero-order valence-electron chi connectivity index (χ0n) is 16.3. The maximum atomic E-state index is 12.0. The van der Waals surface area contributed by atoms with E-state index in [-0.39, 0.29) is 17.7 Å². The molecule has 1 aliphatic heterocycles. The molecule has 1 aromatic rings. The van der Waals surface area contributed by atoms with Gasteiger partial charge in [-0.1, -0.05) is 24.3 Å². The minimum absolute atomic E-state index is 0.0848. The van der Waals surface area contributed by atoms with Gasteiger partial charge in [-0.3, -0.25) is 4.79 Å². The van der Waals surface area contributed by atoms with Crippen LogP contribution in [0.1, 0.15) is 44.2 Å². The third kappa shape index (κ3) is 4.50. The van der Waals surface area contributed by atoms with Crippen LogP contribution in [0, 0.1) is 5.92 Å². The summed E-state index contributed by atoms with van der Waals surface area (Å²) in [5, 5.41) is 0. The van der Waals surface area contributed by atoms with Gasteiger partial charge in [0, 0.05) is 25.2 Å². The van der Waals surface area contributed by atoms with Gasteiger partial charge in [0.25, 0.3) is 0 Å². The molecule has 5 nitrogen and oxygen atoms in total. The molecule has 27 heavy (non-hydrogen) atoms. The summed E-state index contributed by atoms with van der Waals surface area (Å²) in [5.41, 5.74) is 4.95. The number of rotatable bonds is 7. The fraction of sp³-hybridized carbons (Fsp3) is 0.476. The number of anilines is 1. The van der Waals surface area contributed by atoms with E-state index in [1.807, 2.05) is 25.1 Å². The number of hydrogen-bond donors (Lipinski definition) is 1. The van der Waals surface area contributed by atoms with Gasteiger partial charge in [0.1, 0.15) is 0 Å². The van der Waals surface area contributed by atoms with Crippen molar-refractivity contribution in [2.45, 2.75) is 45.6 Å². The molecule has 1 fully saturated rings. The largest absolute Gasteiger partial charge is 0.315 e. The van der Waals surface area contributed by atoms with Gasteiger partial charge in [0.05, 0.1) is 5.75 Å². The van der Waals surface area contributed by atoms with Crippen molar-refractivity contribution in [3.05, 3.63) is 47.6 Å². The molecule has 1 aliphatic carbocycles. The predicted molar refractivity (Wildman–Crippen MR) is 110 cm³/mol. The fourth-order valence-electron chi connectivity index (χ4n) is 3.57. The fourth-order valence-corrected chi connectivity index (χ4v) is 4.50. The summed E-state index contributed by atoms with van der Waals surface area (Å²) in [7, 11) is -1.45. The zero-order chi connectivity index (χ0) is 19.8. The Bertz CT molecular complexity index is 898. The van der Waals surface area contributed by atoms with E-state index in [1.54, 1.807) is 18.9 Å². The molecule has 1 aromatic carbocycles. The van der Waals surface area contributed by atoms with Crippen LogP contribution in [0.4, 0.5) is 5.69 Å². The third-order valence-electron chi connectivity index (χ3n) is 5.47. The van der Waals surface area contributed by atoms with E-state index in [1.165, 1.54) is 0 Å². The van der Waals surface area contributed by atoms with Gasteiger partial charge in [-0.05, 0) is 67.9 Å². The van der Waals surface area contributed by atoms with Gasteiger partial charge in [-0.25, -0.2) is 13.1 Å². The number of nitrogens with one attached hydrogen (secondary N) is 1. The quantitative estimate of drug-likeness (QED) is 0.729. The lowest BCUT2D eigenvalue weighted by Gasteiger charge is -2.26. The molecule has 6 heteroatoms. The summed E-state index contributed by atoms with van der Waals surface area (Å²) in [6, 6.07) is 5.87. The molecule has 0 aromatic heterocycles. The van der Waals surface area contributed by atoms with E-state index in [9.17, 15) is 13.2 Å². The first kappa shape index (κ1) is 19.8. The van der Waals surface area contributed by atoms with Gasteiger partial charge in [0.15, 0.2) is 0 Å². The van der Waals surface area contributed by atoms with Crippen LogP contribution in [0.3, 0.4) is 0 Å². The molecule has 0 spiro atoms. The van der Waals surface area contributed by atoms with Crippen LogP contribution in [0.5, 0.6) is 0 Å². The van der Waals surface area contributed by atoms with Gasteiger partial charge in [-0.2, -0.15) is 0 Å². The van der Waals surface area contributed by atoms with Crippen molar-refractivity contribution in [1.29, 1.82) is 0 Å². The Morgan fingerprint density at radius 1 is 1.37 bits per heavy atom. The highest BCUT2D eigenvalue weighted by molar-refractivity contribution is 7.89. The third-order valence-corrected chi connectivity index (χ3v) is 6.84. The molecule has 0 bridgehead atoms. The van der Waals surface area contributed by atoms with Crippen molar-refractivity contribution in [1.82, 2.24) is 4.72 Å². The lowest BCUT2D eigenvalue weighted by molar-refractivity contribution is -0.118. The van der Waals surface area contributed by atoms with Crippen molar-refractivity contribution in [2.24, 2.45) is 5.92 Å². The lowest BCUT2D eigenvalue weighted by atomic mass is 9.94. The summed E-state index contributed by atoms with van der Waals surface area (Å²) >= 11 is 0. The van der Waals surface area contributed by atoms with E-state index in [0.29, 0.717) is 12.3 Å².